The van der Waals surface area contributed by atoms with E-state index in [2.05, 4.69) is 9.80 Å². The number of nitro groups is 2. The molecule has 1 fully saturated rings. The molecule has 2 heterocycles. The van der Waals surface area contributed by atoms with Crippen molar-refractivity contribution in [3.8, 4) is 0 Å². The fraction of sp³-hybridized carbons (Fsp3) is 0.406. The van der Waals surface area contributed by atoms with Crippen molar-refractivity contribution >= 4 is 51.8 Å². The normalized spacial score (nSPS) is 15.9. The van der Waals surface area contributed by atoms with Gasteiger partial charge >= 0.3 is 6.18 Å². The Labute approximate surface area is 279 Å². The van der Waals surface area contributed by atoms with Crippen LogP contribution >= 0.6 is 24.0 Å². The van der Waals surface area contributed by atoms with Crippen LogP contribution in [0.4, 0.5) is 35.9 Å². The van der Waals surface area contributed by atoms with Crippen LogP contribution < -0.4 is 4.90 Å². The lowest BCUT2D eigenvalue weighted by Crippen LogP contribution is -2.47. The predicted octanol–water partition coefficient (Wildman–Crippen LogP) is 7.36. The Morgan fingerprint density at radius 3 is 2.28 bits per heavy atom. The lowest BCUT2D eigenvalue weighted by molar-refractivity contribution is -0.394. The van der Waals surface area contributed by atoms with Gasteiger partial charge in [-0.25, -0.2) is 0 Å². The van der Waals surface area contributed by atoms with Crippen molar-refractivity contribution in [1.29, 1.82) is 0 Å². The third-order valence-electron chi connectivity index (χ3n) is 8.33. The van der Waals surface area contributed by atoms with Crippen molar-refractivity contribution in [1.82, 2.24) is 9.80 Å². The van der Waals surface area contributed by atoms with Gasteiger partial charge in [0.05, 0.1) is 32.9 Å². The molecule has 2 aliphatic rings. The number of nitrogens with zero attached hydrogens (tertiary/aromatic N) is 5. The maximum atomic E-state index is 13.5. The van der Waals surface area contributed by atoms with Crippen molar-refractivity contribution in [2.45, 2.75) is 35.7 Å². The standard InChI is InChI=1S/C32H34F3N5O5S2/c1-22(19-23-7-9-25(39(41)42)21-27(23)40(43)44)31(46)45-18-17-37-15-13-36(14-16-37)11-4-12-38-26-5-2-3-6-29(26)47-30-10-8-24(20-28(30)38)32(33,34)35/h2-3,5-10,20-22H,4,11-19H2,1H3. The first-order chi connectivity index (χ1) is 22.4. The number of alkyl halides is 3. The van der Waals surface area contributed by atoms with E-state index in [0.29, 0.717) is 36.0 Å². The summed E-state index contributed by atoms with van der Waals surface area (Å²) in [6, 6.07) is 15.4. The maximum absolute atomic E-state index is 13.5. The van der Waals surface area contributed by atoms with E-state index >= 15 is 0 Å². The predicted molar refractivity (Wildman–Crippen MR) is 178 cm³/mol. The highest BCUT2D eigenvalue weighted by molar-refractivity contribution is 7.99. The molecule has 10 nitrogen and oxygen atoms in total. The number of non-ortho nitro benzene ring substituents is 1. The Bertz CT molecular complexity index is 1630. The molecule has 0 radical (unpaired) electrons. The van der Waals surface area contributed by atoms with Gasteiger partial charge in [-0.05, 0) is 68.0 Å². The first kappa shape index (κ1) is 34.5. The Morgan fingerprint density at radius 2 is 1.60 bits per heavy atom. The number of thiocarbonyl (C=S) groups is 1. The van der Waals surface area contributed by atoms with Gasteiger partial charge in [0.1, 0.15) is 6.61 Å². The zero-order chi connectivity index (χ0) is 33.7. The Hall–Kier alpha value is -3.79. The Kier molecular flexibility index (Phi) is 11.0. The van der Waals surface area contributed by atoms with Crippen molar-refractivity contribution < 1.29 is 27.8 Å². The molecule has 47 heavy (non-hydrogen) atoms. The fourth-order valence-electron chi connectivity index (χ4n) is 5.77. The zero-order valence-corrected chi connectivity index (χ0v) is 27.3. The Morgan fingerprint density at radius 1 is 0.915 bits per heavy atom. The summed E-state index contributed by atoms with van der Waals surface area (Å²) in [5.74, 6) is -0.306. The number of hydrogen-bond donors (Lipinski definition) is 0. The van der Waals surface area contributed by atoms with Gasteiger partial charge in [0.15, 0.2) is 5.05 Å². The number of para-hydroxylation sites is 1. The molecular weight excluding hydrogens is 656 g/mol. The lowest BCUT2D eigenvalue weighted by atomic mass is 10.00. The molecule has 0 amide bonds. The third kappa shape index (κ3) is 8.58. The van der Waals surface area contributed by atoms with Crippen molar-refractivity contribution in [2.24, 2.45) is 5.92 Å². The van der Waals surface area contributed by atoms with Gasteiger partial charge in [0, 0.05) is 66.6 Å². The molecule has 3 aromatic rings. The summed E-state index contributed by atoms with van der Waals surface area (Å²) >= 11 is 6.92. The summed E-state index contributed by atoms with van der Waals surface area (Å²) in [6.45, 7) is 7.64. The quantitative estimate of drug-likeness (QED) is 0.109. The summed E-state index contributed by atoms with van der Waals surface area (Å²) in [6.07, 6.45) is -3.39. The molecule has 15 heteroatoms. The second-order valence-corrected chi connectivity index (χ2v) is 13.0. The summed E-state index contributed by atoms with van der Waals surface area (Å²) in [4.78, 5) is 29.6. The zero-order valence-electron chi connectivity index (χ0n) is 25.6. The molecular formula is C32H34F3N5O5S2. The van der Waals surface area contributed by atoms with Crippen molar-refractivity contribution in [3.05, 3.63) is 92.0 Å². The highest BCUT2D eigenvalue weighted by atomic mass is 32.2. The minimum atomic E-state index is -4.41. The minimum Gasteiger partial charge on any atom is -0.485 e. The SMILES string of the molecule is CC(Cc1ccc([N+](=O)[O-])cc1[N+](=O)[O-])C(=S)OCCN1CCN(CCCN2c3ccccc3Sc3ccc(C(F)(F)F)cc32)CC1. The van der Waals surface area contributed by atoms with E-state index in [1.807, 2.05) is 29.2 Å². The van der Waals surface area contributed by atoms with Crippen LogP contribution in [0.3, 0.4) is 0 Å². The summed E-state index contributed by atoms with van der Waals surface area (Å²) in [5.41, 5.74) is 0.567. The molecule has 0 bridgehead atoms. The van der Waals surface area contributed by atoms with Crippen LogP contribution in [0, 0.1) is 26.1 Å². The second kappa shape index (κ2) is 15.0. The molecule has 0 aromatic heterocycles. The monoisotopic (exact) mass is 689 g/mol. The molecule has 0 spiro atoms. The van der Waals surface area contributed by atoms with Crippen LogP contribution in [0.15, 0.2) is 70.5 Å². The molecule has 0 saturated carbocycles. The van der Waals surface area contributed by atoms with Gasteiger partial charge in [0.25, 0.3) is 11.4 Å². The number of fused-ring (bicyclic) bond motifs is 2. The number of anilines is 2. The van der Waals surface area contributed by atoms with Gasteiger partial charge in [-0.2, -0.15) is 13.2 Å². The number of hydrogen-bond acceptors (Lipinski definition) is 10. The Balaban J connectivity index is 1.06. The molecule has 1 unspecified atom stereocenters. The van der Waals surface area contributed by atoms with E-state index in [0.717, 1.165) is 66.8 Å². The van der Waals surface area contributed by atoms with Gasteiger partial charge in [-0.15, -0.1) is 0 Å². The van der Waals surface area contributed by atoms with Crippen molar-refractivity contribution in [3.63, 3.8) is 0 Å². The number of benzene rings is 3. The molecule has 1 atom stereocenters. The van der Waals surface area contributed by atoms with Crippen LogP contribution in [-0.2, 0) is 17.3 Å². The highest BCUT2D eigenvalue weighted by Gasteiger charge is 2.33. The molecule has 250 valence electrons. The first-order valence-electron chi connectivity index (χ1n) is 15.2. The lowest BCUT2D eigenvalue weighted by Gasteiger charge is -2.36. The summed E-state index contributed by atoms with van der Waals surface area (Å²) in [7, 11) is 0. The molecule has 1 saturated heterocycles. The van der Waals surface area contributed by atoms with E-state index in [4.69, 9.17) is 17.0 Å². The van der Waals surface area contributed by atoms with E-state index < -0.39 is 21.6 Å². The number of nitro benzene ring substituents is 2. The van der Waals surface area contributed by atoms with Crippen LogP contribution in [-0.4, -0.2) is 77.1 Å². The van der Waals surface area contributed by atoms with Crippen LogP contribution in [0.25, 0.3) is 0 Å². The number of halogens is 3. The van der Waals surface area contributed by atoms with E-state index in [1.165, 1.54) is 30.0 Å². The average molecular weight is 690 g/mol. The molecule has 3 aromatic carbocycles. The molecule has 2 aliphatic heterocycles. The molecule has 5 rings (SSSR count). The van der Waals surface area contributed by atoms with Gasteiger partial charge in [-0.1, -0.05) is 30.8 Å². The summed E-state index contributed by atoms with van der Waals surface area (Å²) < 4.78 is 46.4. The molecule has 0 aliphatic carbocycles. The largest absolute Gasteiger partial charge is 0.485 e. The smallest absolute Gasteiger partial charge is 0.416 e. The fourth-order valence-corrected chi connectivity index (χ4v) is 7.02. The van der Waals surface area contributed by atoms with Crippen LogP contribution in [0.5, 0.6) is 0 Å². The third-order valence-corrected chi connectivity index (χ3v) is 9.98. The minimum absolute atomic E-state index is 0.225. The number of rotatable bonds is 12. The van der Waals surface area contributed by atoms with Crippen LogP contribution in [0.1, 0.15) is 24.5 Å². The topological polar surface area (TPSA) is 105 Å². The van der Waals surface area contributed by atoms with E-state index in [1.54, 1.807) is 13.0 Å². The van der Waals surface area contributed by atoms with E-state index in [-0.39, 0.29) is 23.7 Å². The molecule has 0 N–H and O–H groups in total. The number of piperazine rings is 1. The second-order valence-electron chi connectivity index (χ2n) is 11.5. The summed E-state index contributed by atoms with van der Waals surface area (Å²) in [5, 5.41) is 22.8. The highest BCUT2D eigenvalue weighted by Crippen LogP contribution is 2.49. The average Bonchev–Trinajstić information content (AvgIpc) is 3.04. The van der Waals surface area contributed by atoms with Gasteiger partial charge < -0.3 is 14.5 Å². The maximum Gasteiger partial charge on any atom is 0.416 e. The van der Waals surface area contributed by atoms with Gasteiger partial charge in [0.2, 0.25) is 0 Å². The van der Waals surface area contributed by atoms with Crippen molar-refractivity contribution in [2.75, 3.05) is 57.3 Å². The van der Waals surface area contributed by atoms with E-state index in [9.17, 15) is 33.4 Å². The van der Waals surface area contributed by atoms with Gasteiger partial charge in [-0.3, -0.25) is 25.1 Å². The first-order valence-corrected chi connectivity index (χ1v) is 16.4. The van der Waals surface area contributed by atoms with Crippen LogP contribution in [0.2, 0.25) is 0 Å². The number of ether oxygens (including phenoxy) is 1.